The SMILES string of the molecule is COc1ccc(CCNc2ccc(NC(=O)c3cccc(NC(C)=O)c3)cn2)cc1. The average molecular weight is 404 g/mol. The molecule has 0 spiro atoms. The van der Waals surface area contributed by atoms with Crippen LogP contribution in [0.25, 0.3) is 0 Å². The van der Waals surface area contributed by atoms with Crippen LogP contribution in [-0.4, -0.2) is 30.5 Å². The second-order valence-corrected chi connectivity index (χ2v) is 6.67. The average Bonchev–Trinajstić information content (AvgIpc) is 2.75. The van der Waals surface area contributed by atoms with Crippen molar-refractivity contribution in [3.8, 4) is 5.75 Å². The Hall–Kier alpha value is -3.87. The minimum absolute atomic E-state index is 0.188. The van der Waals surface area contributed by atoms with Crippen LogP contribution in [0, 0.1) is 0 Å². The standard InChI is InChI=1S/C23H24N4O3/c1-16(28)26-19-5-3-4-18(14-19)23(29)27-20-8-11-22(25-15-20)24-13-12-17-6-9-21(30-2)10-7-17/h3-11,14-15H,12-13H2,1-2H3,(H,24,25)(H,26,28)(H,27,29). The summed E-state index contributed by atoms with van der Waals surface area (Å²) in [5.74, 6) is 1.11. The predicted octanol–water partition coefficient (Wildman–Crippen LogP) is 3.96. The topological polar surface area (TPSA) is 92.4 Å². The molecule has 0 aliphatic heterocycles. The Morgan fingerprint density at radius 2 is 1.77 bits per heavy atom. The summed E-state index contributed by atoms with van der Waals surface area (Å²) in [7, 11) is 1.65. The Labute approximate surface area is 175 Å². The van der Waals surface area contributed by atoms with Gasteiger partial charge in [0.1, 0.15) is 11.6 Å². The molecule has 7 nitrogen and oxygen atoms in total. The van der Waals surface area contributed by atoms with Gasteiger partial charge in [-0.25, -0.2) is 4.98 Å². The number of benzene rings is 2. The molecule has 7 heteroatoms. The maximum Gasteiger partial charge on any atom is 0.255 e. The zero-order valence-corrected chi connectivity index (χ0v) is 16.9. The molecule has 0 unspecified atom stereocenters. The van der Waals surface area contributed by atoms with Crippen molar-refractivity contribution >= 4 is 29.0 Å². The summed E-state index contributed by atoms with van der Waals surface area (Å²) in [5.41, 5.74) is 2.81. The van der Waals surface area contributed by atoms with Crippen LogP contribution >= 0.6 is 0 Å². The molecule has 0 saturated carbocycles. The molecule has 0 radical (unpaired) electrons. The summed E-state index contributed by atoms with van der Waals surface area (Å²) in [5, 5.41) is 8.73. The minimum atomic E-state index is -0.274. The van der Waals surface area contributed by atoms with Gasteiger partial charge in [0.15, 0.2) is 0 Å². The van der Waals surface area contributed by atoms with E-state index in [1.807, 2.05) is 30.3 Å². The van der Waals surface area contributed by atoms with Crippen LogP contribution in [0.3, 0.4) is 0 Å². The highest BCUT2D eigenvalue weighted by molar-refractivity contribution is 6.05. The lowest BCUT2D eigenvalue weighted by atomic mass is 10.1. The van der Waals surface area contributed by atoms with Gasteiger partial charge in [-0.05, 0) is 54.4 Å². The monoisotopic (exact) mass is 404 g/mol. The highest BCUT2D eigenvalue weighted by Gasteiger charge is 2.08. The molecule has 3 aromatic rings. The number of methoxy groups -OCH3 is 1. The van der Waals surface area contributed by atoms with Crippen molar-refractivity contribution in [1.29, 1.82) is 0 Å². The number of hydrogen-bond donors (Lipinski definition) is 3. The molecule has 0 bridgehead atoms. The molecular formula is C23H24N4O3. The molecule has 0 saturated heterocycles. The lowest BCUT2D eigenvalue weighted by Gasteiger charge is -2.09. The van der Waals surface area contributed by atoms with E-state index in [4.69, 9.17) is 4.74 Å². The van der Waals surface area contributed by atoms with E-state index in [0.29, 0.717) is 16.9 Å². The van der Waals surface area contributed by atoms with Gasteiger partial charge >= 0.3 is 0 Å². The molecule has 154 valence electrons. The first-order valence-electron chi connectivity index (χ1n) is 9.55. The lowest BCUT2D eigenvalue weighted by molar-refractivity contribution is -0.114. The number of amides is 2. The molecule has 1 heterocycles. The largest absolute Gasteiger partial charge is 0.497 e. The van der Waals surface area contributed by atoms with E-state index in [2.05, 4.69) is 20.9 Å². The maximum absolute atomic E-state index is 12.4. The van der Waals surface area contributed by atoms with Crippen LogP contribution < -0.4 is 20.7 Å². The molecular weight excluding hydrogens is 380 g/mol. The summed E-state index contributed by atoms with van der Waals surface area (Å²) < 4.78 is 5.16. The van der Waals surface area contributed by atoms with Crippen molar-refractivity contribution in [2.24, 2.45) is 0 Å². The van der Waals surface area contributed by atoms with E-state index in [0.717, 1.165) is 24.5 Å². The molecule has 0 atom stereocenters. The molecule has 2 amide bonds. The van der Waals surface area contributed by atoms with Crippen LogP contribution in [0.4, 0.5) is 17.2 Å². The first kappa shape index (κ1) is 20.9. The second kappa shape index (κ2) is 10.1. The molecule has 2 aromatic carbocycles. The van der Waals surface area contributed by atoms with Gasteiger partial charge in [-0.3, -0.25) is 9.59 Å². The molecule has 3 N–H and O–H groups in total. The van der Waals surface area contributed by atoms with E-state index >= 15 is 0 Å². The Kier molecular flexibility index (Phi) is 7.00. The van der Waals surface area contributed by atoms with Crippen LogP contribution in [-0.2, 0) is 11.2 Å². The molecule has 0 aliphatic rings. The molecule has 1 aromatic heterocycles. The molecule has 30 heavy (non-hydrogen) atoms. The highest BCUT2D eigenvalue weighted by atomic mass is 16.5. The van der Waals surface area contributed by atoms with Gasteiger partial charge in [-0.2, -0.15) is 0 Å². The first-order valence-corrected chi connectivity index (χ1v) is 9.55. The number of nitrogens with one attached hydrogen (secondary N) is 3. The Bertz CT molecular complexity index is 1000. The third-order valence-electron chi connectivity index (χ3n) is 4.35. The normalized spacial score (nSPS) is 10.2. The Morgan fingerprint density at radius 1 is 0.967 bits per heavy atom. The molecule has 3 rings (SSSR count). The van der Waals surface area contributed by atoms with E-state index in [1.54, 1.807) is 43.6 Å². The van der Waals surface area contributed by atoms with Crippen LogP contribution in [0.15, 0.2) is 66.9 Å². The summed E-state index contributed by atoms with van der Waals surface area (Å²) in [6.07, 6.45) is 2.46. The van der Waals surface area contributed by atoms with E-state index in [1.165, 1.54) is 12.5 Å². The smallest absolute Gasteiger partial charge is 0.255 e. The van der Waals surface area contributed by atoms with Gasteiger partial charge in [-0.15, -0.1) is 0 Å². The quantitative estimate of drug-likeness (QED) is 0.529. The Balaban J connectivity index is 1.51. The third kappa shape index (κ3) is 6.07. The maximum atomic E-state index is 12.4. The lowest BCUT2D eigenvalue weighted by Crippen LogP contribution is -2.13. The molecule has 0 aliphatic carbocycles. The minimum Gasteiger partial charge on any atom is -0.497 e. The first-order chi connectivity index (χ1) is 14.5. The van der Waals surface area contributed by atoms with Gasteiger partial charge < -0.3 is 20.7 Å². The van der Waals surface area contributed by atoms with Crippen molar-refractivity contribution in [1.82, 2.24) is 4.98 Å². The highest BCUT2D eigenvalue weighted by Crippen LogP contribution is 2.15. The van der Waals surface area contributed by atoms with Gasteiger partial charge in [0.25, 0.3) is 5.91 Å². The van der Waals surface area contributed by atoms with Gasteiger partial charge in [0.05, 0.1) is 19.0 Å². The fourth-order valence-electron chi connectivity index (χ4n) is 2.84. The number of carbonyl (C=O) groups excluding carboxylic acids is 2. The van der Waals surface area contributed by atoms with Gasteiger partial charge in [0.2, 0.25) is 5.91 Å². The Morgan fingerprint density at radius 3 is 2.43 bits per heavy atom. The van der Waals surface area contributed by atoms with E-state index in [-0.39, 0.29) is 11.8 Å². The molecule has 0 fully saturated rings. The zero-order valence-electron chi connectivity index (χ0n) is 16.9. The number of nitrogens with zero attached hydrogens (tertiary/aromatic N) is 1. The summed E-state index contributed by atoms with van der Waals surface area (Å²) >= 11 is 0. The van der Waals surface area contributed by atoms with E-state index < -0.39 is 0 Å². The van der Waals surface area contributed by atoms with Crippen LogP contribution in [0.2, 0.25) is 0 Å². The number of pyridine rings is 1. The van der Waals surface area contributed by atoms with Crippen molar-refractivity contribution < 1.29 is 14.3 Å². The third-order valence-corrected chi connectivity index (χ3v) is 4.35. The summed E-state index contributed by atoms with van der Waals surface area (Å²) in [4.78, 5) is 27.9. The van der Waals surface area contributed by atoms with Gasteiger partial charge in [-0.1, -0.05) is 18.2 Å². The number of aromatic nitrogens is 1. The number of ether oxygens (including phenoxy) is 1. The van der Waals surface area contributed by atoms with Crippen LogP contribution in [0.1, 0.15) is 22.8 Å². The summed E-state index contributed by atoms with van der Waals surface area (Å²) in [6.45, 7) is 2.16. The number of carbonyl (C=O) groups is 2. The second-order valence-electron chi connectivity index (χ2n) is 6.67. The number of anilines is 3. The fourth-order valence-corrected chi connectivity index (χ4v) is 2.84. The summed E-state index contributed by atoms with van der Waals surface area (Å²) in [6, 6.07) is 18.3. The fraction of sp³-hybridized carbons (Fsp3) is 0.174. The van der Waals surface area contributed by atoms with Crippen molar-refractivity contribution in [3.05, 3.63) is 78.0 Å². The van der Waals surface area contributed by atoms with Crippen LogP contribution in [0.5, 0.6) is 5.75 Å². The zero-order chi connectivity index (χ0) is 21.3. The van der Waals surface area contributed by atoms with Crippen molar-refractivity contribution in [2.75, 3.05) is 29.6 Å². The van der Waals surface area contributed by atoms with Crippen molar-refractivity contribution in [3.63, 3.8) is 0 Å². The number of rotatable bonds is 8. The number of hydrogen-bond acceptors (Lipinski definition) is 5. The predicted molar refractivity (Wildman–Crippen MR) is 118 cm³/mol. The van der Waals surface area contributed by atoms with E-state index in [9.17, 15) is 9.59 Å². The van der Waals surface area contributed by atoms with Crippen molar-refractivity contribution in [2.45, 2.75) is 13.3 Å². The van der Waals surface area contributed by atoms with Gasteiger partial charge in [0, 0.05) is 24.7 Å².